The van der Waals surface area contributed by atoms with Crippen LogP contribution >= 0.6 is 0 Å². The number of pyridine rings is 1. The zero-order valence-electron chi connectivity index (χ0n) is 16.5. The van der Waals surface area contributed by atoms with Crippen molar-refractivity contribution in [3.63, 3.8) is 0 Å². The predicted molar refractivity (Wildman–Crippen MR) is 110 cm³/mol. The Kier molecular flexibility index (Phi) is 7.19. The van der Waals surface area contributed by atoms with Gasteiger partial charge in [0.1, 0.15) is 0 Å². The SMILES string of the molecule is Cc1cccc(S(=O)(=O)NCc2cccn(C(C(N)=O)C(C)ON=C(N)N)c2=O)c1. The van der Waals surface area contributed by atoms with Gasteiger partial charge >= 0.3 is 0 Å². The molecule has 0 aliphatic rings. The molecule has 0 bridgehead atoms. The van der Waals surface area contributed by atoms with E-state index in [1.807, 2.05) is 0 Å². The molecule has 0 spiro atoms. The average molecular weight is 436 g/mol. The quantitative estimate of drug-likeness (QED) is 0.226. The van der Waals surface area contributed by atoms with E-state index in [-0.39, 0.29) is 23.0 Å². The summed E-state index contributed by atoms with van der Waals surface area (Å²) in [5.74, 6) is -1.22. The Morgan fingerprint density at radius 3 is 2.53 bits per heavy atom. The van der Waals surface area contributed by atoms with Crippen molar-refractivity contribution >= 4 is 21.9 Å². The van der Waals surface area contributed by atoms with Crippen LogP contribution in [0, 0.1) is 6.92 Å². The van der Waals surface area contributed by atoms with E-state index in [9.17, 15) is 18.0 Å². The van der Waals surface area contributed by atoms with Crippen LogP contribution in [0.4, 0.5) is 0 Å². The summed E-state index contributed by atoms with van der Waals surface area (Å²) in [5, 5.41) is 3.37. The molecule has 7 N–H and O–H groups in total. The third-order valence-electron chi connectivity index (χ3n) is 4.17. The molecular formula is C18H24N6O5S. The number of primary amides is 1. The smallest absolute Gasteiger partial charge is 0.255 e. The van der Waals surface area contributed by atoms with E-state index in [4.69, 9.17) is 22.0 Å². The van der Waals surface area contributed by atoms with Crippen LogP contribution in [0.15, 0.2) is 57.4 Å². The molecule has 1 aromatic heterocycles. The Morgan fingerprint density at radius 2 is 1.93 bits per heavy atom. The highest BCUT2D eigenvalue weighted by Crippen LogP contribution is 2.14. The third kappa shape index (κ3) is 5.58. The Labute approximate surface area is 173 Å². The number of rotatable bonds is 9. The molecular weight excluding hydrogens is 412 g/mol. The van der Waals surface area contributed by atoms with Gasteiger partial charge in [0, 0.05) is 18.3 Å². The van der Waals surface area contributed by atoms with Crippen LogP contribution in [-0.2, 0) is 26.2 Å². The number of aromatic nitrogens is 1. The summed E-state index contributed by atoms with van der Waals surface area (Å²) in [6.45, 7) is 2.94. The van der Waals surface area contributed by atoms with Gasteiger partial charge < -0.3 is 22.0 Å². The van der Waals surface area contributed by atoms with Gasteiger partial charge in [-0.15, -0.1) is 0 Å². The molecule has 11 nitrogen and oxygen atoms in total. The molecule has 1 aromatic carbocycles. The zero-order valence-corrected chi connectivity index (χ0v) is 17.3. The van der Waals surface area contributed by atoms with Crippen LogP contribution in [0.3, 0.4) is 0 Å². The van der Waals surface area contributed by atoms with Gasteiger partial charge in [-0.2, -0.15) is 0 Å². The Balaban J connectivity index is 2.30. The van der Waals surface area contributed by atoms with E-state index in [2.05, 4.69) is 9.88 Å². The fourth-order valence-corrected chi connectivity index (χ4v) is 3.86. The van der Waals surface area contributed by atoms with Gasteiger partial charge in [-0.25, -0.2) is 13.1 Å². The number of nitrogens with one attached hydrogen (secondary N) is 1. The minimum atomic E-state index is -3.84. The highest BCUT2D eigenvalue weighted by atomic mass is 32.2. The number of carbonyl (C=O) groups excluding carboxylic acids is 1. The summed E-state index contributed by atoms with van der Waals surface area (Å²) >= 11 is 0. The second-order valence-electron chi connectivity index (χ2n) is 6.56. The third-order valence-corrected chi connectivity index (χ3v) is 5.56. The summed E-state index contributed by atoms with van der Waals surface area (Å²) < 4.78 is 28.4. The number of carbonyl (C=O) groups is 1. The second kappa shape index (κ2) is 9.41. The maximum atomic E-state index is 12.8. The second-order valence-corrected chi connectivity index (χ2v) is 8.33. The normalized spacial score (nSPS) is 13.3. The fraction of sp³-hybridized carbons (Fsp3) is 0.278. The number of hydrogen-bond acceptors (Lipinski definition) is 6. The molecule has 12 heteroatoms. The highest BCUT2D eigenvalue weighted by Gasteiger charge is 2.28. The number of sulfonamides is 1. The molecule has 1 heterocycles. The average Bonchev–Trinajstić information content (AvgIpc) is 2.66. The van der Waals surface area contributed by atoms with Crippen molar-refractivity contribution in [2.45, 2.75) is 37.4 Å². The molecule has 30 heavy (non-hydrogen) atoms. The van der Waals surface area contributed by atoms with Crippen molar-refractivity contribution in [3.05, 3.63) is 64.1 Å². The number of benzene rings is 1. The number of nitrogens with two attached hydrogens (primary N) is 3. The molecule has 162 valence electrons. The lowest BCUT2D eigenvalue weighted by molar-refractivity contribution is -0.125. The lowest BCUT2D eigenvalue weighted by Gasteiger charge is -2.22. The molecule has 0 fully saturated rings. The summed E-state index contributed by atoms with van der Waals surface area (Å²) in [7, 11) is -3.84. The number of oxime groups is 1. The summed E-state index contributed by atoms with van der Waals surface area (Å²) in [5.41, 5.74) is 16.1. The number of hydrogen-bond donors (Lipinski definition) is 4. The molecule has 2 rings (SSSR count). The Bertz CT molecular complexity index is 1110. The monoisotopic (exact) mass is 436 g/mol. The van der Waals surface area contributed by atoms with Crippen molar-refractivity contribution in [1.82, 2.24) is 9.29 Å². The number of guanidine groups is 1. The maximum Gasteiger partial charge on any atom is 0.255 e. The standard InChI is InChI=1S/C18H24N6O5S/c1-11-5-3-7-14(9-11)30(27,28)22-10-13-6-4-8-24(17(13)26)15(16(19)25)12(2)29-23-18(20)21/h3-9,12,15,22H,10H2,1-2H3,(H2,19,25)(H4,20,21,23). The van der Waals surface area contributed by atoms with Crippen LogP contribution in [-0.4, -0.2) is 31.0 Å². The molecule has 0 saturated heterocycles. The van der Waals surface area contributed by atoms with E-state index in [0.717, 1.165) is 10.1 Å². The first-order valence-corrected chi connectivity index (χ1v) is 10.3. The van der Waals surface area contributed by atoms with Gasteiger partial charge in [0.05, 0.1) is 4.90 Å². The van der Waals surface area contributed by atoms with Crippen LogP contribution in [0.1, 0.15) is 24.1 Å². The summed E-state index contributed by atoms with van der Waals surface area (Å²) in [6.07, 6.45) is 0.368. The first kappa shape index (κ1) is 22.9. The maximum absolute atomic E-state index is 12.8. The van der Waals surface area contributed by atoms with Crippen LogP contribution in [0.5, 0.6) is 0 Å². The molecule has 2 aromatic rings. The molecule has 1 amide bonds. The van der Waals surface area contributed by atoms with Gasteiger partial charge in [-0.05, 0) is 42.8 Å². The highest BCUT2D eigenvalue weighted by molar-refractivity contribution is 7.89. The van der Waals surface area contributed by atoms with Crippen molar-refractivity contribution < 1.29 is 18.0 Å². The van der Waals surface area contributed by atoms with Gasteiger partial charge in [0.2, 0.25) is 21.9 Å². The van der Waals surface area contributed by atoms with Gasteiger partial charge in [-0.3, -0.25) is 14.2 Å². The first-order chi connectivity index (χ1) is 14.0. The zero-order chi connectivity index (χ0) is 22.5. The molecule has 0 saturated carbocycles. The topological polar surface area (TPSA) is 185 Å². The van der Waals surface area contributed by atoms with E-state index in [1.165, 1.54) is 37.4 Å². The van der Waals surface area contributed by atoms with E-state index < -0.39 is 33.6 Å². The summed E-state index contributed by atoms with van der Waals surface area (Å²) in [4.78, 5) is 29.9. The van der Waals surface area contributed by atoms with Gasteiger partial charge in [-0.1, -0.05) is 18.2 Å². The van der Waals surface area contributed by atoms with Crippen molar-refractivity contribution in [2.24, 2.45) is 22.4 Å². The van der Waals surface area contributed by atoms with Gasteiger partial charge in [0.15, 0.2) is 12.1 Å². The largest absolute Gasteiger partial charge is 0.387 e. The van der Waals surface area contributed by atoms with Crippen LogP contribution in [0.2, 0.25) is 0 Å². The van der Waals surface area contributed by atoms with Crippen LogP contribution < -0.4 is 27.5 Å². The first-order valence-electron chi connectivity index (χ1n) is 8.83. The molecule has 0 aliphatic carbocycles. The number of aryl methyl sites for hydroxylation is 1. The minimum Gasteiger partial charge on any atom is -0.387 e. The lowest BCUT2D eigenvalue weighted by Crippen LogP contribution is -2.42. The molecule has 0 aliphatic heterocycles. The minimum absolute atomic E-state index is 0.0769. The lowest BCUT2D eigenvalue weighted by atomic mass is 10.1. The molecule has 2 atom stereocenters. The molecule has 2 unspecified atom stereocenters. The van der Waals surface area contributed by atoms with E-state index in [0.29, 0.717) is 0 Å². The van der Waals surface area contributed by atoms with Crippen molar-refractivity contribution in [2.75, 3.05) is 0 Å². The fourth-order valence-electron chi connectivity index (χ4n) is 2.75. The van der Waals surface area contributed by atoms with Crippen LogP contribution in [0.25, 0.3) is 0 Å². The van der Waals surface area contributed by atoms with E-state index >= 15 is 0 Å². The number of nitrogens with zero attached hydrogens (tertiary/aromatic N) is 2. The summed E-state index contributed by atoms with van der Waals surface area (Å²) in [6, 6.07) is 8.05. The Hall–Kier alpha value is -3.38. The van der Waals surface area contributed by atoms with Crippen molar-refractivity contribution in [1.29, 1.82) is 0 Å². The van der Waals surface area contributed by atoms with Crippen molar-refractivity contribution in [3.8, 4) is 0 Å². The van der Waals surface area contributed by atoms with Gasteiger partial charge in [0.25, 0.3) is 5.56 Å². The predicted octanol–water partition coefficient (Wildman–Crippen LogP) is -0.745. The Morgan fingerprint density at radius 1 is 1.23 bits per heavy atom. The van der Waals surface area contributed by atoms with E-state index in [1.54, 1.807) is 19.1 Å². The number of amides is 1. The molecule has 0 radical (unpaired) electrons.